The van der Waals surface area contributed by atoms with Gasteiger partial charge in [0.25, 0.3) is 5.91 Å². The summed E-state index contributed by atoms with van der Waals surface area (Å²) in [7, 11) is -2.88. The third kappa shape index (κ3) is 7.95. The molecular formula is C41H59N3O7Si. The second-order valence-electron chi connectivity index (χ2n) is 15.4. The van der Waals surface area contributed by atoms with Crippen LogP contribution in [0.4, 0.5) is 17.1 Å². The summed E-state index contributed by atoms with van der Waals surface area (Å²) >= 11 is 0. The minimum Gasteiger partial charge on any atom is -0.494 e. The zero-order chi connectivity index (χ0) is 37.8. The molecule has 2 aromatic carbocycles. The number of amides is 2. The van der Waals surface area contributed by atoms with E-state index in [1.54, 1.807) is 9.80 Å². The van der Waals surface area contributed by atoms with Gasteiger partial charge < -0.3 is 34.7 Å². The molecule has 3 aliphatic heterocycles. The Balaban J connectivity index is 1.62. The van der Waals surface area contributed by atoms with Crippen LogP contribution in [0.25, 0.3) is 0 Å². The lowest BCUT2D eigenvalue weighted by Crippen LogP contribution is -2.49. The van der Waals surface area contributed by atoms with Crippen LogP contribution in [0.3, 0.4) is 0 Å². The number of hydrogen-bond donors (Lipinski definition) is 4. The fourth-order valence-electron chi connectivity index (χ4n) is 8.44. The number of anilines is 3. The molecule has 0 aliphatic carbocycles. The van der Waals surface area contributed by atoms with Crippen LogP contribution in [-0.2, 0) is 26.3 Å². The average molecular weight is 734 g/mol. The molecule has 1 unspecified atom stereocenters. The number of nitrogens with zero attached hydrogens (tertiary/aromatic N) is 2. The highest BCUT2D eigenvalue weighted by Gasteiger charge is 2.66. The molecule has 5 atom stereocenters. The number of nitrogens with one attached hydrogen (secondary N) is 1. The van der Waals surface area contributed by atoms with Crippen molar-refractivity contribution in [2.75, 3.05) is 42.7 Å². The predicted octanol–water partition coefficient (Wildman–Crippen LogP) is 6.26. The number of unbranched alkanes of at least 4 members (excludes halogenated alkanes) is 1. The summed E-state index contributed by atoms with van der Waals surface area (Å²) in [6, 6.07) is 11.1. The molecule has 1 saturated heterocycles. The summed E-state index contributed by atoms with van der Waals surface area (Å²) in [6.07, 6.45) is 7.82. The molecule has 10 nitrogen and oxygen atoms in total. The van der Waals surface area contributed by atoms with Gasteiger partial charge in [-0.3, -0.25) is 14.5 Å². The van der Waals surface area contributed by atoms with E-state index in [0.717, 1.165) is 42.0 Å². The maximum atomic E-state index is 14.9. The minimum absolute atomic E-state index is 0.0985. The smallest absolute Gasteiger partial charge is 0.264 e. The molecule has 3 heterocycles. The number of hydrogen-bond acceptors (Lipinski definition) is 8. The Morgan fingerprint density at radius 2 is 1.81 bits per heavy atom. The molecule has 2 amide bonds. The first-order valence-electron chi connectivity index (χ1n) is 19.0. The van der Waals surface area contributed by atoms with Crippen molar-refractivity contribution < 1.29 is 34.1 Å². The van der Waals surface area contributed by atoms with Crippen molar-refractivity contribution in [3.63, 3.8) is 0 Å². The normalized spacial score (nSPS) is 24.5. The van der Waals surface area contributed by atoms with Crippen molar-refractivity contribution in [1.29, 1.82) is 0 Å². The first kappa shape index (κ1) is 39.9. The van der Waals surface area contributed by atoms with Crippen molar-refractivity contribution in [1.82, 2.24) is 5.32 Å². The van der Waals surface area contributed by atoms with E-state index in [1.165, 1.54) is 11.1 Å². The van der Waals surface area contributed by atoms with Crippen molar-refractivity contribution in [3.8, 4) is 5.75 Å². The van der Waals surface area contributed by atoms with Crippen molar-refractivity contribution in [2.45, 2.75) is 110 Å². The average Bonchev–Trinajstić information content (AvgIpc) is 3.51. The van der Waals surface area contributed by atoms with E-state index in [4.69, 9.17) is 9.47 Å². The van der Waals surface area contributed by atoms with Crippen LogP contribution in [0.15, 0.2) is 59.7 Å². The molecule has 4 N–H and O–H groups in total. The minimum atomic E-state index is -2.88. The van der Waals surface area contributed by atoms with Gasteiger partial charge in [-0.15, -0.1) is 0 Å². The van der Waals surface area contributed by atoms with Crippen molar-refractivity contribution in [3.05, 3.63) is 70.8 Å². The Morgan fingerprint density at radius 1 is 1.06 bits per heavy atom. The molecule has 0 bridgehead atoms. The molecule has 11 heteroatoms. The van der Waals surface area contributed by atoms with Crippen LogP contribution < -0.4 is 19.9 Å². The summed E-state index contributed by atoms with van der Waals surface area (Å²) in [4.78, 5) is 44.4. The number of aliphatic hydroxyl groups excluding tert-OH is 2. The van der Waals surface area contributed by atoms with E-state index < -0.39 is 26.1 Å². The van der Waals surface area contributed by atoms with Gasteiger partial charge in [0, 0.05) is 42.5 Å². The van der Waals surface area contributed by atoms with Gasteiger partial charge in [0.2, 0.25) is 5.91 Å². The van der Waals surface area contributed by atoms with Crippen LogP contribution in [0, 0.1) is 5.92 Å². The molecule has 0 saturated carbocycles. The monoisotopic (exact) mass is 733 g/mol. The Morgan fingerprint density at radius 3 is 2.48 bits per heavy atom. The molecule has 1 fully saturated rings. The Kier molecular flexibility index (Phi) is 12.9. The number of benzene rings is 2. The van der Waals surface area contributed by atoms with Gasteiger partial charge in [0.05, 0.1) is 30.1 Å². The lowest BCUT2D eigenvalue weighted by Gasteiger charge is -2.36. The third-order valence-electron chi connectivity index (χ3n) is 10.9. The Hall–Kier alpha value is -3.32. The van der Waals surface area contributed by atoms with Gasteiger partial charge in [-0.1, -0.05) is 30.2 Å². The van der Waals surface area contributed by atoms with Crippen molar-refractivity contribution >= 4 is 37.2 Å². The van der Waals surface area contributed by atoms with Crippen LogP contribution in [0.2, 0.25) is 18.6 Å². The van der Waals surface area contributed by atoms with Gasteiger partial charge in [-0.2, -0.15) is 0 Å². The summed E-state index contributed by atoms with van der Waals surface area (Å²) in [6.45, 7) is 15.4. The lowest BCUT2D eigenvalue weighted by atomic mass is 9.82. The fourth-order valence-corrected chi connectivity index (χ4v) is 11.0. The maximum Gasteiger partial charge on any atom is 0.264 e. The highest BCUT2D eigenvalue weighted by Crippen LogP contribution is 2.60. The quantitative estimate of drug-likeness (QED) is 0.0905. The SMILES string of the molecule is CCOc1ccc2c(c1)CC(NCCCCO)C(=O)N2c1ccc2c(c1)[C@@]1(O[C@H](CCO)[C@@H]([Si](C)(C)O)[C@@H]1C)C(=O)N2C/C=C(\C)CCC=C(C)C. The van der Waals surface area contributed by atoms with Gasteiger partial charge in [0.1, 0.15) is 5.75 Å². The summed E-state index contributed by atoms with van der Waals surface area (Å²) in [5, 5.41) is 22.8. The number of carbonyl (C=O) groups excluding carboxylic acids is 2. The Labute approximate surface area is 310 Å². The lowest BCUT2D eigenvalue weighted by molar-refractivity contribution is -0.146. The van der Waals surface area contributed by atoms with E-state index in [0.29, 0.717) is 50.2 Å². The van der Waals surface area contributed by atoms with E-state index >= 15 is 0 Å². The summed E-state index contributed by atoms with van der Waals surface area (Å²) < 4.78 is 12.7. The standard InChI is InChI=1S/C41H59N3O7Si/c1-8-50-32-15-17-35-30(24-32)25-34(42-20-9-10-22-45)39(47)44(35)31-14-16-36-33(26-31)41(29(5)38(52(6,7)49)37(51-41)19-23-46)40(48)43(36)21-18-28(4)13-11-12-27(2)3/h12,14-18,24,26,29,34,37-38,42,45-46,49H,8-11,13,19-23,25H2,1-7H3/b28-18+/t29-,34?,37+,38-,41+/m0/s1. The van der Waals surface area contributed by atoms with E-state index in [2.05, 4.69) is 38.2 Å². The van der Waals surface area contributed by atoms with Crippen LogP contribution in [-0.4, -0.2) is 80.2 Å². The number of aliphatic hydroxyl groups is 2. The molecule has 52 heavy (non-hydrogen) atoms. The highest BCUT2D eigenvalue weighted by atomic mass is 28.4. The van der Waals surface area contributed by atoms with Gasteiger partial charge in [0.15, 0.2) is 13.9 Å². The first-order valence-corrected chi connectivity index (χ1v) is 22.0. The molecule has 5 rings (SSSR count). The highest BCUT2D eigenvalue weighted by molar-refractivity contribution is 6.71. The topological polar surface area (TPSA) is 132 Å². The number of carbonyl (C=O) groups is 2. The third-order valence-corrected chi connectivity index (χ3v) is 13.4. The van der Waals surface area contributed by atoms with E-state index in [-0.39, 0.29) is 36.5 Å². The zero-order valence-corrected chi connectivity index (χ0v) is 33.1. The van der Waals surface area contributed by atoms with Gasteiger partial charge in [-0.25, -0.2) is 0 Å². The maximum absolute atomic E-state index is 14.9. The van der Waals surface area contributed by atoms with Crippen LogP contribution in [0.1, 0.15) is 77.8 Å². The fraction of sp³-hybridized carbons (Fsp3) is 0.561. The van der Waals surface area contributed by atoms with E-state index in [9.17, 15) is 24.6 Å². The largest absolute Gasteiger partial charge is 0.494 e. The zero-order valence-electron chi connectivity index (χ0n) is 32.1. The second-order valence-corrected chi connectivity index (χ2v) is 19.4. The molecule has 2 aromatic rings. The number of allylic oxidation sites excluding steroid dienone is 3. The number of ether oxygens (including phenoxy) is 2. The molecular weight excluding hydrogens is 675 g/mol. The summed E-state index contributed by atoms with van der Waals surface area (Å²) in [5.41, 5.74) is 4.52. The first-order chi connectivity index (χ1) is 24.8. The molecule has 0 radical (unpaired) electrons. The Bertz CT molecular complexity index is 1670. The number of fused-ring (bicyclic) bond motifs is 3. The van der Waals surface area contributed by atoms with Crippen LogP contribution >= 0.6 is 0 Å². The van der Waals surface area contributed by atoms with E-state index in [1.807, 2.05) is 63.3 Å². The molecule has 0 aromatic heterocycles. The summed E-state index contributed by atoms with van der Waals surface area (Å²) in [5.74, 6) is 0.0623. The number of rotatable bonds is 16. The van der Waals surface area contributed by atoms with Crippen molar-refractivity contribution in [2.24, 2.45) is 5.92 Å². The predicted molar refractivity (Wildman–Crippen MR) is 209 cm³/mol. The van der Waals surface area contributed by atoms with Gasteiger partial charge >= 0.3 is 0 Å². The molecule has 284 valence electrons. The molecule has 3 aliphatic rings. The molecule has 1 spiro atoms. The second kappa shape index (κ2) is 16.8. The van der Waals surface area contributed by atoms with Gasteiger partial charge in [-0.05, 0) is 128 Å². The van der Waals surface area contributed by atoms with Crippen LogP contribution in [0.5, 0.6) is 5.75 Å².